The predicted molar refractivity (Wildman–Crippen MR) is 121 cm³/mol. The third-order valence-corrected chi connectivity index (χ3v) is 5.99. The first-order chi connectivity index (χ1) is 14.7. The SMILES string of the molecule is CCC(CC)N1C(=O)C(C(=O)OC)Cc2c1cc(C)nc2Oc1c(C)cc(C)cc1C. The van der Waals surface area contributed by atoms with E-state index in [0.29, 0.717) is 5.88 Å². The van der Waals surface area contributed by atoms with Gasteiger partial charge in [-0.3, -0.25) is 9.59 Å². The number of hydrogen-bond acceptors (Lipinski definition) is 5. The molecule has 1 aromatic heterocycles. The van der Waals surface area contributed by atoms with Gasteiger partial charge in [0.1, 0.15) is 11.7 Å². The highest BCUT2D eigenvalue weighted by molar-refractivity contribution is 6.09. The molecule has 2 heterocycles. The van der Waals surface area contributed by atoms with Gasteiger partial charge < -0.3 is 14.4 Å². The minimum Gasteiger partial charge on any atom is -0.468 e. The van der Waals surface area contributed by atoms with Crippen molar-refractivity contribution < 1.29 is 19.1 Å². The van der Waals surface area contributed by atoms with Gasteiger partial charge in [0, 0.05) is 23.7 Å². The van der Waals surface area contributed by atoms with E-state index in [1.165, 1.54) is 7.11 Å². The Morgan fingerprint density at radius 2 is 1.74 bits per heavy atom. The van der Waals surface area contributed by atoms with E-state index >= 15 is 0 Å². The summed E-state index contributed by atoms with van der Waals surface area (Å²) in [5, 5.41) is 0. The van der Waals surface area contributed by atoms with Crippen molar-refractivity contribution in [2.24, 2.45) is 5.92 Å². The van der Waals surface area contributed by atoms with Crippen molar-refractivity contribution in [3.63, 3.8) is 0 Å². The molecular weight excluding hydrogens is 392 g/mol. The van der Waals surface area contributed by atoms with Gasteiger partial charge in [0.25, 0.3) is 0 Å². The van der Waals surface area contributed by atoms with Crippen molar-refractivity contribution in [3.05, 3.63) is 46.1 Å². The minimum absolute atomic E-state index is 0.0174. The van der Waals surface area contributed by atoms with Gasteiger partial charge in [-0.15, -0.1) is 0 Å². The molecule has 1 aliphatic heterocycles. The number of esters is 1. The summed E-state index contributed by atoms with van der Waals surface area (Å²) in [6.07, 6.45) is 1.77. The molecule has 0 N–H and O–H groups in total. The molecule has 0 saturated heterocycles. The summed E-state index contributed by atoms with van der Waals surface area (Å²) in [4.78, 5) is 32.2. The van der Waals surface area contributed by atoms with Gasteiger partial charge in [0.15, 0.2) is 0 Å². The number of anilines is 1. The maximum Gasteiger partial charge on any atom is 0.318 e. The summed E-state index contributed by atoms with van der Waals surface area (Å²) in [5.41, 5.74) is 5.51. The standard InChI is InChI=1S/C25H32N2O4/c1-8-18(9-2)27-21-12-17(6)26-23(19(21)13-20(24(27)28)25(29)30-7)31-22-15(4)10-14(3)11-16(22)5/h10-12,18,20H,8-9,13H2,1-7H3. The molecule has 1 amide bonds. The maximum absolute atomic E-state index is 13.3. The Bertz CT molecular complexity index is 988. The minimum atomic E-state index is -0.898. The first kappa shape index (κ1) is 22.8. The van der Waals surface area contributed by atoms with Crippen LogP contribution in [0.15, 0.2) is 18.2 Å². The number of pyridine rings is 1. The fraction of sp³-hybridized carbons (Fsp3) is 0.480. The Morgan fingerprint density at radius 1 is 1.13 bits per heavy atom. The molecule has 0 saturated carbocycles. The largest absolute Gasteiger partial charge is 0.468 e. The second-order valence-corrected chi connectivity index (χ2v) is 8.35. The number of rotatable bonds is 6. The van der Waals surface area contributed by atoms with Gasteiger partial charge in [-0.05, 0) is 57.7 Å². The zero-order valence-corrected chi connectivity index (χ0v) is 19.5. The number of nitrogens with zero attached hydrogens (tertiary/aromatic N) is 2. The average Bonchev–Trinajstić information content (AvgIpc) is 2.72. The predicted octanol–water partition coefficient (Wildman–Crippen LogP) is 4.97. The fourth-order valence-electron chi connectivity index (χ4n) is 4.51. The van der Waals surface area contributed by atoms with Crippen LogP contribution in [0.1, 0.15) is 54.6 Å². The van der Waals surface area contributed by atoms with Crippen molar-refractivity contribution in [3.8, 4) is 11.6 Å². The lowest BCUT2D eigenvalue weighted by Gasteiger charge is -2.38. The third-order valence-electron chi connectivity index (χ3n) is 5.99. The molecular formula is C25H32N2O4. The number of carbonyl (C=O) groups excluding carboxylic acids is 2. The van der Waals surface area contributed by atoms with Crippen LogP contribution in [0.5, 0.6) is 11.6 Å². The molecule has 6 nitrogen and oxygen atoms in total. The highest BCUT2D eigenvalue weighted by Gasteiger charge is 2.42. The van der Waals surface area contributed by atoms with Crippen LogP contribution in [0, 0.1) is 33.6 Å². The Hall–Kier alpha value is -2.89. The normalized spacial score (nSPS) is 15.8. The van der Waals surface area contributed by atoms with Crippen molar-refractivity contribution in [2.45, 2.75) is 66.8 Å². The lowest BCUT2D eigenvalue weighted by Crippen LogP contribution is -2.49. The van der Waals surface area contributed by atoms with Crippen LogP contribution in [-0.4, -0.2) is 30.0 Å². The van der Waals surface area contributed by atoms with Crippen LogP contribution in [-0.2, 0) is 20.7 Å². The second-order valence-electron chi connectivity index (χ2n) is 8.35. The van der Waals surface area contributed by atoms with Crippen molar-refractivity contribution in [1.29, 1.82) is 0 Å². The molecule has 1 atom stereocenters. The van der Waals surface area contributed by atoms with E-state index in [0.717, 1.165) is 52.2 Å². The molecule has 6 heteroatoms. The number of benzene rings is 1. The number of hydrogen-bond donors (Lipinski definition) is 0. The van der Waals surface area contributed by atoms with Crippen molar-refractivity contribution in [2.75, 3.05) is 12.0 Å². The van der Waals surface area contributed by atoms with E-state index in [1.54, 1.807) is 4.90 Å². The summed E-state index contributed by atoms with van der Waals surface area (Å²) in [6, 6.07) is 6.04. The molecule has 0 fully saturated rings. The Balaban J connectivity index is 2.18. The zero-order chi connectivity index (χ0) is 22.9. The molecule has 0 spiro atoms. The summed E-state index contributed by atoms with van der Waals surface area (Å²) in [7, 11) is 1.32. The van der Waals surface area contributed by atoms with Crippen LogP contribution >= 0.6 is 0 Å². The first-order valence-corrected chi connectivity index (χ1v) is 10.9. The van der Waals surface area contributed by atoms with Gasteiger partial charge in [0.05, 0.1) is 12.8 Å². The monoisotopic (exact) mass is 424 g/mol. The quantitative estimate of drug-likeness (QED) is 0.483. The van der Waals surface area contributed by atoms with Crippen molar-refractivity contribution >= 4 is 17.6 Å². The summed E-state index contributed by atoms with van der Waals surface area (Å²) in [6.45, 7) is 12.1. The molecule has 0 aliphatic carbocycles. The van der Waals surface area contributed by atoms with E-state index in [1.807, 2.05) is 40.7 Å². The number of ether oxygens (including phenoxy) is 2. The van der Waals surface area contributed by atoms with Gasteiger partial charge in [-0.25, -0.2) is 4.98 Å². The van der Waals surface area contributed by atoms with Gasteiger partial charge >= 0.3 is 5.97 Å². The molecule has 2 aromatic rings. The van der Waals surface area contributed by atoms with E-state index in [9.17, 15) is 9.59 Å². The van der Waals surface area contributed by atoms with Crippen LogP contribution in [0.4, 0.5) is 5.69 Å². The van der Waals surface area contributed by atoms with Gasteiger partial charge in [-0.2, -0.15) is 0 Å². The topological polar surface area (TPSA) is 68.7 Å². The summed E-state index contributed by atoms with van der Waals surface area (Å²) >= 11 is 0. The molecule has 1 aromatic carbocycles. The maximum atomic E-state index is 13.3. The number of aromatic nitrogens is 1. The highest BCUT2D eigenvalue weighted by atomic mass is 16.5. The molecule has 3 rings (SSSR count). The first-order valence-electron chi connectivity index (χ1n) is 10.9. The van der Waals surface area contributed by atoms with Crippen LogP contribution in [0.25, 0.3) is 0 Å². The summed E-state index contributed by atoms with van der Waals surface area (Å²) < 4.78 is 11.3. The highest BCUT2D eigenvalue weighted by Crippen LogP contribution is 2.41. The van der Waals surface area contributed by atoms with E-state index in [4.69, 9.17) is 9.47 Å². The van der Waals surface area contributed by atoms with Gasteiger partial charge in [-0.1, -0.05) is 31.5 Å². The Kier molecular flexibility index (Phi) is 6.68. The lowest BCUT2D eigenvalue weighted by atomic mass is 9.90. The molecule has 1 unspecified atom stereocenters. The number of aryl methyl sites for hydroxylation is 4. The van der Waals surface area contributed by atoms with E-state index in [-0.39, 0.29) is 18.4 Å². The van der Waals surface area contributed by atoms with Gasteiger partial charge in [0.2, 0.25) is 11.8 Å². The Morgan fingerprint density at radius 3 is 2.29 bits per heavy atom. The molecule has 31 heavy (non-hydrogen) atoms. The van der Waals surface area contributed by atoms with Crippen LogP contribution in [0.3, 0.4) is 0 Å². The van der Waals surface area contributed by atoms with Crippen LogP contribution in [0.2, 0.25) is 0 Å². The lowest BCUT2D eigenvalue weighted by molar-refractivity contribution is -0.149. The summed E-state index contributed by atoms with van der Waals surface area (Å²) in [5.74, 6) is -0.438. The molecule has 0 radical (unpaired) electrons. The zero-order valence-electron chi connectivity index (χ0n) is 19.5. The number of fused-ring (bicyclic) bond motifs is 1. The number of methoxy groups -OCH3 is 1. The van der Waals surface area contributed by atoms with Crippen LogP contribution < -0.4 is 9.64 Å². The average molecular weight is 425 g/mol. The Labute approximate surface area is 184 Å². The second kappa shape index (κ2) is 9.08. The molecule has 1 aliphatic rings. The fourth-order valence-corrected chi connectivity index (χ4v) is 4.51. The van der Waals surface area contributed by atoms with E-state index < -0.39 is 11.9 Å². The number of amides is 1. The third kappa shape index (κ3) is 4.29. The molecule has 166 valence electrons. The molecule has 0 bridgehead atoms. The number of carbonyl (C=O) groups is 2. The van der Waals surface area contributed by atoms with E-state index in [2.05, 4.69) is 24.0 Å². The smallest absolute Gasteiger partial charge is 0.318 e. The van der Waals surface area contributed by atoms with Crippen molar-refractivity contribution in [1.82, 2.24) is 4.98 Å².